The Morgan fingerprint density at radius 2 is 2.04 bits per heavy atom. The van der Waals surface area contributed by atoms with Crippen LogP contribution in [0.2, 0.25) is 4.34 Å². The van der Waals surface area contributed by atoms with Gasteiger partial charge in [-0.3, -0.25) is 4.79 Å². The van der Waals surface area contributed by atoms with E-state index < -0.39 is 5.82 Å². The van der Waals surface area contributed by atoms with Gasteiger partial charge >= 0.3 is 5.97 Å². The average molecular weight is 489 g/mol. The molecule has 0 unspecified atom stereocenters. The zero-order valence-electron chi connectivity index (χ0n) is 15.3. The maximum atomic E-state index is 15.3. The highest BCUT2D eigenvalue weighted by Crippen LogP contribution is 2.47. The highest BCUT2D eigenvalue weighted by molar-refractivity contribution is 9.10. The monoisotopic (exact) mass is 487 g/mol. The first kappa shape index (κ1) is 20.0. The van der Waals surface area contributed by atoms with Gasteiger partial charge in [0.25, 0.3) is 0 Å². The summed E-state index contributed by atoms with van der Waals surface area (Å²) in [7, 11) is 0. The van der Waals surface area contributed by atoms with Crippen LogP contribution in [0, 0.1) is 23.6 Å². The van der Waals surface area contributed by atoms with Crippen LogP contribution < -0.4 is 5.32 Å². The largest absolute Gasteiger partial charge is 0.466 e. The van der Waals surface area contributed by atoms with Gasteiger partial charge in [-0.2, -0.15) is 0 Å². The molecule has 2 aromatic heterocycles. The number of thiophene rings is 1. The maximum Gasteiger partial charge on any atom is 0.311 e. The van der Waals surface area contributed by atoms with Crippen LogP contribution in [0.5, 0.6) is 0 Å². The second-order valence-electron chi connectivity index (χ2n) is 7.23. The first-order valence-electron chi connectivity index (χ1n) is 9.39. The van der Waals surface area contributed by atoms with Gasteiger partial charge in [-0.1, -0.05) is 11.6 Å². The molecule has 3 aliphatic carbocycles. The van der Waals surface area contributed by atoms with Gasteiger partial charge in [0.15, 0.2) is 16.4 Å². The van der Waals surface area contributed by atoms with E-state index in [0.29, 0.717) is 21.7 Å². The molecular formula is C19H20BrClFN3O2S. The molecule has 0 saturated heterocycles. The highest BCUT2D eigenvalue weighted by atomic mass is 79.9. The molecule has 2 aromatic rings. The van der Waals surface area contributed by atoms with Crippen LogP contribution >= 0.6 is 38.9 Å². The van der Waals surface area contributed by atoms with Crippen LogP contribution in [0.3, 0.4) is 0 Å². The molecule has 1 N–H and O–H groups in total. The third-order valence-electron chi connectivity index (χ3n) is 5.71. The molecule has 9 heteroatoms. The Labute approximate surface area is 180 Å². The van der Waals surface area contributed by atoms with Crippen molar-refractivity contribution in [3.05, 3.63) is 27.0 Å². The molecule has 5 nitrogen and oxygen atoms in total. The Kier molecular flexibility index (Phi) is 5.90. The van der Waals surface area contributed by atoms with Gasteiger partial charge in [0.1, 0.15) is 5.69 Å². The molecule has 28 heavy (non-hydrogen) atoms. The Morgan fingerprint density at radius 3 is 2.68 bits per heavy atom. The SMILES string of the molecule is CCOC(=O)[C@@H]1C2CCC(CC2)[C@H]1Nc1nc(Br)nc(-c2ccc(Cl)s2)c1F. The van der Waals surface area contributed by atoms with E-state index in [1.54, 1.807) is 19.1 Å². The number of aromatic nitrogens is 2. The van der Waals surface area contributed by atoms with Gasteiger partial charge in [0.05, 0.1) is 21.7 Å². The molecule has 2 atom stereocenters. The molecule has 0 spiro atoms. The minimum Gasteiger partial charge on any atom is -0.466 e. The number of fused-ring (bicyclic) bond motifs is 3. The first-order valence-corrected chi connectivity index (χ1v) is 11.4. The van der Waals surface area contributed by atoms with Crippen molar-refractivity contribution in [2.24, 2.45) is 17.8 Å². The number of nitrogens with zero attached hydrogens (tertiary/aromatic N) is 2. The van der Waals surface area contributed by atoms with E-state index in [0.717, 1.165) is 25.7 Å². The number of carbonyl (C=O) groups is 1. The minimum absolute atomic E-state index is 0.105. The lowest BCUT2D eigenvalue weighted by atomic mass is 9.61. The van der Waals surface area contributed by atoms with Gasteiger partial charge in [0.2, 0.25) is 0 Å². The van der Waals surface area contributed by atoms with Crippen LogP contribution in [0.25, 0.3) is 10.6 Å². The number of carbonyl (C=O) groups excluding carboxylic acids is 1. The van der Waals surface area contributed by atoms with Crippen molar-refractivity contribution >= 4 is 50.7 Å². The van der Waals surface area contributed by atoms with E-state index in [1.165, 1.54) is 11.3 Å². The van der Waals surface area contributed by atoms with E-state index in [-0.39, 0.29) is 40.1 Å². The van der Waals surface area contributed by atoms with E-state index in [9.17, 15) is 4.79 Å². The lowest BCUT2D eigenvalue weighted by Gasteiger charge is -2.47. The van der Waals surface area contributed by atoms with Crippen molar-refractivity contribution in [2.75, 3.05) is 11.9 Å². The summed E-state index contributed by atoms with van der Waals surface area (Å²) in [5.41, 5.74) is 0.190. The third kappa shape index (κ3) is 3.78. The summed E-state index contributed by atoms with van der Waals surface area (Å²) in [6.07, 6.45) is 4.08. The molecule has 3 fully saturated rings. The molecule has 3 aliphatic rings. The predicted octanol–water partition coefficient (Wildman–Crippen LogP) is 5.54. The van der Waals surface area contributed by atoms with Crippen molar-refractivity contribution in [3.63, 3.8) is 0 Å². The first-order chi connectivity index (χ1) is 13.5. The van der Waals surface area contributed by atoms with E-state index in [4.69, 9.17) is 16.3 Å². The maximum absolute atomic E-state index is 15.3. The van der Waals surface area contributed by atoms with E-state index in [2.05, 4.69) is 31.2 Å². The number of rotatable bonds is 5. The van der Waals surface area contributed by atoms with Gasteiger partial charge in [-0.25, -0.2) is 14.4 Å². The second-order valence-corrected chi connectivity index (χ2v) is 9.65. The molecule has 2 heterocycles. The summed E-state index contributed by atoms with van der Waals surface area (Å²) in [6, 6.07) is 3.25. The smallest absolute Gasteiger partial charge is 0.311 e. The van der Waals surface area contributed by atoms with Crippen LogP contribution in [-0.2, 0) is 9.53 Å². The molecule has 2 bridgehead atoms. The predicted molar refractivity (Wildman–Crippen MR) is 111 cm³/mol. The molecule has 0 aliphatic heterocycles. The summed E-state index contributed by atoms with van der Waals surface area (Å²) < 4.78 is 21.4. The van der Waals surface area contributed by atoms with Crippen molar-refractivity contribution in [1.29, 1.82) is 0 Å². The molecule has 0 radical (unpaired) electrons. The normalized spacial score (nSPS) is 26.3. The van der Waals surface area contributed by atoms with Crippen LogP contribution in [0.4, 0.5) is 10.2 Å². The Bertz CT molecular complexity index is 888. The van der Waals surface area contributed by atoms with Crippen LogP contribution in [0.1, 0.15) is 32.6 Å². The van der Waals surface area contributed by atoms with Crippen LogP contribution in [-0.4, -0.2) is 28.6 Å². The number of nitrogens with one attached hydrogen (secondary N) is 1. The summed E-state index contributed by atoms with van der Waals surface area (Å²) in [5.74, 6) is -0.343. The molecule has 3 saturated carbocycles. The van der Waals surface area contributed by atoms with E-state index in [1.807, 2.05) is 0 Å². The second kappa shape index (κ2) is 8.24. The van der Waals surface area contributed by atoms with Crippen molar-refractivity contribution in [1.82, 2.24) is 9.97 Å². The summed E-state index contributed by atoms with van der Waals surface area (Å²) >= 11 is 10.5. The molecule has 0 amide bonds. The van der Waals surface area contributed by atoms with Gasteiger partial charge in [0, 0.05) is 6.04 Å². The Balaban J connectivity index is 1.67. The number of hydrogen-bond donors (Lipinski definition) is 1. The van der Waals surface area contributed by atoms with Crippen molar-refractivity contribution in [3.8, 4) is 10.6 Å². The number of esters is 1. The van der Waals surface area contributed by atoms with Gasteiger partial charge < -0.3 is 10.1 Å². The van der Waals surface area contributed by atoms with Gasteiger partial charge in [-0.15, -0.1) is 11.3 Å². The number of anilines is 1. The summed E-state index contributed by atoms with van der Waals surface area (Å²) in [5, 5.41) is 3.24. The average Bonchev–Trinajstić information content (AvgIpc) is 3.11. The topological polar surface area (TPSA) is 64.1 Å². The lowest BCUT2D eigenvalue weighted by Crippen LogP contribution is -2.52. The van der Waals surface area contributed by atoms with E-state index >= 15 is 4.39 Å². The fraction of sp³-hybridized carbons (Fsp3) is 0.526. The quantitative estimate of drug-likeness (QED) is 0.442. The minimum atomic E-state index is -0.536. The number of hydrogen-bond acceptors (Lipinski definition) is 6. The molecule has 0 aromatic carbocycles. The molecular weight excluding hydrogens is 469 g/mol. The highest BCUT2D eigenvalue weighted by Gasteiger charge is 2.48. The van der Waals surface area contributed by atoms with Crippen LogP contribution in [0.15, 0.2) is 16.9 Å². The lowest BCUT2D eigenvalue weighted by molar-refractivity contribution is -0.154. The molecule has 150 valence electrons. The fourth-order valence-corrected chi connectivity index (χ4v) is 5.89. The summed E-state index contributed by atoms with van der Waals surface area (Å²) in [4.78, 5) is 21.7. The van der Waals surface area contributed by atoms with Crippen molar-refractivity contribution < 1.29 is 13.9 Å². The zero-order chi connectivity index (χ0) is 19.8. The van der Waals surface area contributed by atoms with Crippen molar-refractivity contribution in [2.45, 2.75) is 38.6 Å². The summed E-state index contributed by atoms with van der Waals surface area (Å²) in [6.45, 7) is 2.15. The Hall–Kier alpha value is -1.25. The third-order valence-corrected chi connectivity index (χ3v) is 7.30. The Morgan fingerprint density at radius 1 is 1.32 bits per heavy atom. The number of halogens is 3. The number of ether oxygens (including phenoxy) is 1. The van der Waals surface area contributed by atoms with Gasteiger partial charge in [-0.05, 0) is 72.5 Å². The molecule has 5 rings (SSSR count). The standard InChI is InChI=1S/C19H20BrClFN3O2S/c1-2-27-18(26)13-9-3-5-10(6-4-9)15(13)23-17-14(22)16(24-19(20)25-17)11-7-8-12(21)28-11/h7-10,13,15H,2-6H2,1H3,(H,23,24,25)/t9?,10?,13-,15-/m1/s1. The zero-order valence-corrected chi connectivity index (χ0v) is 18.4. The fourth-order valence-electron chi connectivity index (χ4n) is 4.51.